The first-order chi connectivity index (χ1) is 22.6. The minimum atomic E-state index is 0.666. The van der Waals surface area contributed by atoms with Gasteiger partial charge in [0.15, 0.2) is 0 Å². The van der Waals surface area contributed by atoms with Crippen LogP contribution >= 0.6 is 0 Å². The van der Waals surface area contributed by atoms with Crippen molar-refractivity contribution >= 4 is 43.7 Å². The van der Waals surface area contributed by atoms with Gasteiger partial charge in [0, 0.05) is 23.5 Å². The first kappa shape index (κ1) is 27.3. The maximum absolute atomic E-state index is 6.12. The lowest BCUT2D eigenvalue weighted by Crippen LogP contribution is -1.91. The van der Waals surface area contributed by atoms with Gasteiger partial charge in [0.2, 0.25) is 0 Å². The van der Waals surface area contributed by atoms with Crippen molar-refractivity contribution in [3.63, 3.8) is 0 Å². The van der Waals surface area contributed by atoms with Crippen LogP contribution < -0.4 is 20.9 Å². The molecule has 4 heteroatoms. The number of fused-ring (bicyclic) bond motifs is 5. The summed E-state index contributed by atoms with van der Waals surface area (Å²) in [5, 5.41) is 7.37. The maximum atomic E-state index is 6.12. The molecule has 0 aliphatic heterocycles. The van der Waals surface area contributed by atoms with Gasteiger partial charge in [-0.15, -0.1) is 0 Å². The van der Waals surface area contributed by atoms with Gasteiger partial charge in [-0.2, -0.15) is 0 Å². The van der Waals surface area contributed by atoms with E-state index in [-0.39, 0.29) is 0 Å². The van der Waals surface area contributed by atoms with Crippen molar-refractivity contribution in [2.24, 2.45) is 0 Å². The minimum absolute atomic E-state index is 0.666. The zero-order valence-electron chi connectivity index (χ0n) is 25.0. The van der Waals surface area contributed by atoms with E-state index in [1.165, 1.54) is 32.3 Å². The van der Waals surface area contributed by atoms with E-state index in [0.717, 1.165) is 33.8 Å². The van der Waals surface area contributed by atoms with Gasteiger partial charge in [0.25, 0.3) is 0 Å². The summed E-state index contributed by atoms with van der Waals surface area (Å²) < 4.78 is 12.2. The maximum Gasteiger partial charge on any atom is 0.129 e. The lowest BCUT2D eigenvalue weighted by Gasteiger charge is -2.17. The summed E-state index contributed by atoms with van der Waals surface area (Å²) in [6.45, 7) is 0. The summed E-state index contributed by atoms with van der Waals surface area (Å²) in [6.07, 6.45) is 0. The van der Waals surface area contributed by atoms with Crippen molar-refractivity contribution in [3.05, 3.63) is 158 Å². The van der Waals surface area contributed by atoms with Gasteiger partial charge >= 0.3 is 0 Å². The van der Waals surface area contributed by atoms with Crippen LogP contribution in [0.15, 0.2) is 158 Å². The molecule has 0 spiro atoms. The smallest absolute Gasteiger partial charge is 0.129 e. The quantitative estimate of drug-likeness (QED) is 0.148. The SMILES string of the molecule is Nc1cccc(Oc2ccc(-c3ccc4c(ccc5c6ccccc6ccc45)c3-c3ccc(Oc4cccc(N)c4)cc3)cc2)c1. The molecule has 0 bridgehead atoms. The summed E-state index contributed by atoms with van der Waals surface area (Å²) in [5.41, 5.74) is 17.7. The molecule has 8 aromatic carbocycles. The summed E-state index contributed by atoms with van der Waals surface area (Å²) in [4.78, 5) is 0. The Balaban J connectivity index is 1.25. The molecule has 0 amide bonds. The van der Waals surface area contributed by atoms with Crippen molar-refractivity contribution in [2.45, 2.75) is 0 Å². The van der Waals surface area contributed by atoms with Crippen LogP contribution in [-0.2, 0) is 0 Å². The summed E-state index contributed by atoms with van der Waals surface area (Å²) >= 11 is 0. The molecule has 220 valence electrons. The van der Waals surface area contributed by atoms with E-state index >= 15 is 0 Å². The van der Waals surface area contributed by atoms with Crippen LogP contribution in [0.1, 0.15) is 0 Å². The van der Waals surface area contributed by atoms with Crippen molar-refractivity contribution in [1.82, 2.24) is 0 Å². The molecule has 0 fully saturated rings. The minimum Gasteiger partial charge on any atom is -0.457 e. The molecule has 4 N–H and O–H groups in total. The fourth-order valence-electron chi connectivity index (χ4n) is 6.28. The Bertz CT molecular complexity index is 2380. The molecule has 0 aliphatic rings. The molecule has 0 radical (unpaired) electrons. The number of anilines is 2. The Morgan fingerprint density at radius 1 is 0.348 bits per heavy atom. The van der Waals surface area contributed by atoms with Crippen LogP contribution in [0.2, 0.25) is 0 Å². The van der Waals surface area contributed by atoms with Crippen LogP contribution in [-0.4, -0.2) is 0 Å². The second-order valence-electron chi connectivity index (χ2n) is 11.4. The van der Waals surface area contributed by atoms with Gasteiger partial charge in [0.1, 0.15) is 23.0 Å². The number of ether oxygens (including phenoxy) is 2. The number of nitrogens with two attached hydrogens (primary N) is 2. The molecule has 8 rings (SSSR count). The average Bonchev–Trinajstić information content (AvgIpc) is 3.08. The van der Waals surface area contributed by atoms with Gasteiger partial charge in [0.05, 0.1) is 0 Å². The Labute approximate surface area is 267 Å². The number of hydrogen-bond acceptors (Lipinski definition) is 4. The standard InChI is InChI=1S/C42H30N2O2/c43-30-6-3-8-34(25-30)45-32-16-11-28(12-17-32)37-21-22-40-39-20-15-27-5-1-2-10-36(27)38(39)23-24-41(40)42(37)29-13-18-33(19-14-29)46-35-9-4-7-31(44)26-35/h1-26H,43-44H2. The highest BCUT2D eigenvalue weighted by molar-refractivity contribution is 6.20. The highest BCUT2D eigenvalue weighted by atomic mass is 16.5. The highest BCUT2D eigenvalue weighted by Crippen LogP contribution is 2.42. The average molecular weight is 595 g/mol. The van der Waals surface area contributed by atoms with Gasteiger partial charge in [-0.05, 0) is 103 Å². The highest BCUT2D eigenvalue weighted by Gasteiger charge is 2.15. The van der Waals surface area contributed by atoms with Crippen LogP contribution in [0, 0.1) is 0 Å². The molecule has 0 heterocycles. The van der Waals surface area contributed by atoms with E-state index in [9.17, 15) is 0 Å². The largest absolute Gasteiger partial charge is 0.457 e. The molecule has 0 unspecified atom stereocenters. The van der Waals surface area contributed by atoms with Gasteiger partial charge < -0.3 is 20.9 Å². The van der Waals surface area contributed by atoms with Crippen molar-refractivity contribution in [2.75, 3.05) is 11.5 Å². The number of benzene rings is 8. The third kappa shape index (κ3) is 5.12. The van der Waals surface area contributed by atoms with Crippen LogP contribution in [0.3, 0.4) is 0 Å². The molecule has 4 nitrogen and oxygen atoms in total. The fourth-order valence-corrected chi connectivity index (χ4v) is 6.28. The van der Waals surface area contributed by atoms with E-state index in [4.69, 9.17) is 20.9 Å². The Morgan fingerprint density at radius 3 is 1.52 bits per heavy atom. The lowest BCUT2D eigenvalue weighted by molar-refractivity contribution is 0.483. The number of nitrogen functional groups attached to an aromatic ring is 2. The van der Waals surface area contributed by atoms with Crippen molar-refractivity contribution in [1.29, 1.82) is 0 Å². The van der Waals surface area contributed by atoms with Crippen LogP contribution in [0.5, 0.6) is 23.0 Å². The number of hydrogen-bond donors (Lipinski definition) is 2. The Kier molecular flexibility index (Phi) is 6.73. The molecular weight excluding hydrogens is 564 g/mol. The fraction of sp³-hybridized carbons (Fsp3) is 0. The van der Waals surface area contributed by atoms with E-state index in [1.54, 1.807) is 0 Å². The van der Waals surface area contributed by atoms with Crippen molar-refractivity contribution in [3.8, 4) is 45.3 Å². The van der Waals surface area contributed by atoms with E-state index < -0.39 is 0 Å². The topological polar surface area (TPSA) is 70.5 Å². The summed E-state index contributed by atoms with van der Waals surface area (Å²) in [7, 11) is 0. The molecule has 0 atom stereocenters. The first-order valence-electron chi connectivity index (χ1n) is 15.2. The Hall–Kier alpha value is -6.26. The first-order valence-corrected chi connectivity index (χ1v) is 15.2. The third-order valence-electron chi connectivity index (χ3n) is 8.42. The monoisotopic (exact) mass is 594 g/mol. The normalized spacial score (nSPS) is 11.2. The zero-order valence-corrected chi connectivity index (χ0v) is 25.0. The second kappa shape index (κ2) is 11.3. The van der Waals surface area contributed by atoms with Gasteiger partial charge in [-0.25, -0.2) is 0 Å². The van der Waals surface area contributed by atoms with Crippen molar-refractivity contribution < 1.29 is 9.47 Å². The summed E-state index contributed by atoms with van der Waals surface area (Å²) in [6, 6.07) is 53.4. The zero-order chi connectivity index (χ0) is 31.0. The third-order valence-corrected chi connectivity index (χ3v) is 8.42. The van der Waals surface area contributed by atoms with Gasteiger partial charge in [-0.3, -0.25) is 0 Å². The molecule has 0 aliphatic carbocycles. The molecule has 0 aromatic heterocycles. The van der Waals surface area contributed by atoms with Gasteiger partial charge in [-0.1, -0.05) is 97.1 Å². The van der Waals surface area contributed by atoms with Crippen LogP contribution in [0.4, 0.5) is 11.4 Å². The van der Waals surface area contributed by atoms with E-state index in [2.05, 4.69) is 84.9 Å². The number of rotatable bonds is 6. The molecule has 0 saturated carbocycles. The Morgan fingerprint density at radius 2 is 0.870 bits per heavy atom. The molecule has 8 aromatic rings. The predicted molar refractivity (Wildman–Crippen MR) is 192 cm³/mol. The second-order valence-corrected chi connectivity index (χ2v) is 11.4. The molecule has 0 saturated heterocycles. The molecule has 46 heavy (non-hydrogen) atoms. The van der Waals surface area contributed by atoms with E-state index in [1.807, 2.05) is 72.8 Å². The molecular formula is C42H30N2O2. The summed E-state index contributed by atoms with van der Waals surface area (Å²) in [5.74, 6) is 2.91. The van der Waals surface area contributed by atoms with Crippen LogP contribution in [0.25, 0.3) is 54.6 Å². The predicted octanol–water partition coefficient (Wildman–Crippen LogP) is 11.2. The lowest BCUT2D eigenvalue weighted by atomic mass is 9.87. The van der Waals surface area contributed by atoms with E-state index in [0.29, 0.717) is 22.9 Å².